The first-order valence-corrected chi connectivity index (χ1v) is 14.8. The molecule has 0 N–H and O–H groups in total. The summed E-state index contributed by atoms with van der Waals surface area (Å²) in [5, 5.41) is 0. The molecule has 242 valence electrons. The molecule has 1 fully saturated rings. The third-order valence-electron chi connectivity index (χ3n) is 8.62. The van der Waals surface area contributed by atoms with Crippen molar-refractivity contribution in [2.75, 3.05) is 0 Å². The highest BCUT2D eigenvalue weighted by atomic mass is 19.4. The van der Waals surface area contributed by atoms with Crippen LogP contribution in [0.25, 0.3) is 22.3 Å². The first kappa shape index (κ1) is 32.9. The number of ether oxygens (including phenoxy) is 2. The molecule has 0 aromatic heterocycles. The quantitative estimate of drug-likeness (QED) is 0.228. The minimum Gasteiger partial charge on any atom is -0.403 e. The summed E-state index contributed by atoms with van der Waals surface area (Å²) in [7, 11) is 0. The van der Waals surface area contributed by atoms with Crippen LogP contribution in [-0.4, -0.2) is 24.7 Å². The molecule has 5 rings (SSSR count). The first-order chi connectivity index (χ1) is 21.2. The van der Waals surface area contributed by atoms with Crippen LogP contribution in [0.2, 0.25) is 0 Å². The van der Waals surface area contributed by atoms with Gasteiger partial charge in [-0.25, -0.2) is 17.6 Å². The van der Waals surface area contributed by atoms with E-state index in [1.54, 1.807) is 25.1 Å². The fourth-order valence-corrected chi connectivity index (χ4v) is 6.21. The van der Waals surface area contributed by atoms with Crippen LogP contribution in [0.15, 0.2) is 72.6 Å². The van der Waals surface area contributed by atoms with E-state index in [9.17, 15) is 35.1 Å². The van der Waals surface area contributed by atoms with Crippen molar-refractivity contribution in [3.05, 3.63) is 89.8 Å². The zero-order chi connectivity index (χ0) is 32.5. The van der Waals surface area contributed by atoms with Gasteiger partial charge in [-0.2, -0.15) is 8.78 Å². The summed E-state index contributed by atoms with van der Waals surface area (Å²) in [4.78, 5) is 0. The Balaban J connectivity index is 1.20. The van der Waals surface area contributed by atoms with Gasteiger partial charge in [0.1, 0.15) is 23.7 Å². The number of halogens is 9. The number of hydrogen-bond acceptors (Lipinski definition) is 2. The van der Waals surface area contributed by atoms with E-state index >= 15 is 4.39 Å². The Hall–Kier alpha value is -3.47. The van der Waals surface area contributed by atoms with Gasteiger partial charge in [0.2, 0.25) is 0 Å². The fourth-order valence-electron chi connectivity index (χ4n) is 6.21. The van der Waals surface area contributed by atoms with Gasteiger partial charge in [-0.15, -0.1) is 13.2 Å². The third-order valence-corrected chi connectivity index (χ3v) is 8.62. The highest BCUT2D eigenvalue weighted by molar-refractivity contribution is 5.71. The molecule has 0 saturated heterocycles. The van der Waals surface area contributed by atoms with Crippen LogP contribution in [0.4, 0.5) is 39.5 Å². The molecule has 3 atom stereocenters. The van der Waals surface area contributed by atoms with Crippen LogP contribution in [0, 0.1) is 23.5 Å². The number of benzene rings is 3. The predicted octanol–water partition coefficient (Wildman–Crippen LogP) is 11.1. The predicted molar refractivity (Wildman–Crippen MR) is 151 cm³/mol. The van der Waals surface area contributed by atoms with Gasteiger partial charge in [-0.1, -0.05) is 49.4 Å². The number of alkyl halides is 6. The van der Waals surface area contributed by atoms with Crippen molar-refractivity contribution in [3.8, 4) is 28.0 Å². The van der Waals surface area contributed by atoms with E-state index in [0.29, 0.717) is 43.2 Å². The second-order valence-electron chi connectivity index (χ2n) is 11.6. The monoisotopic (exact) mass is 642 g/mol. The molecule has 2 aliphatic rings. The highest BCUT2D eigenvalue weighted by Gasteiger charge is 2.52. The van der Waals surface area contributed by atoms with Crippen molar-refractivity contribution in [2.45, 2.75) is 76.1 Å². The molecule has 0 radical (unpaired) electrons. The van der Waals surface area contributed by atoms with E-state index in [-0.39, 0.29) is 23.5 Å². The molecule has 3 unspecified atom stereocenters. The van der Waals surface area contributed by atoms with E-state index in [2.05, 4.69) is 4.74 Å². The molecular formula is C34H31F9O2. The topological polar surface area (TPSA) is 18.5 Å². The lowest BCUT2D eigenvalue weighted by atomic mass is 9.81. The summed E-state index contributed by atoms with van der Waals surface area (Å²) >= 11 is 0. The number of rotatable bonds is 8. The Morgan fingerprint density at radius 3 is 1.96 bits per heavy atom. The highest BCUT2D eigenvalue weighted by Crippen LogP contribution is 2.45. The second kappa shape index (κ2) is 13.1. The van der Waals surface area contributed by atoms with Crippen LogP contribution >= 0.6 is 0 Å². The lowest BCUT2D eigenvalue weighted by molar-refractivity contribution is -0.301. The lowest BCUT2D eigenvalue weighted by Crippen LogP contribution is -2.43. The summed E-state index contributed by atoms with van der Waals surface area (Å²) in [6, 6.07) is 14.2. The second-order valence-corrected chi connectivity index (χ2v) is 11.6. The van der Waals surface area contributed by atoms with Crippen molar-refractivity contribution in [1.82, 2.24) is 0 Å². The maximum absolute atomic E-state index is 15.0. The van der Waals surface area contributed by atoms with E-state index in [1.165, 1.54) is 12.1 Å². The minimum absolute atomic E-state index is 0.00757. The van der Waals surface area contributed by atoms with Gasteiger partial charge in [-0.3, -0.25) is 0 Å². The average molecular weight is 643 g/mol. The Morgan fingerprint density at radius 1 is 0.756 bits per heavy atom. The summed E-state index contributed by atoms with van der Waals surface area (Å²) < 4.78 is 134. The Kier molecular flexibility index (Phi) is 9.58. The molecule has 1 saturated carbocycles. The van der Waals surface area contributed by atoms with E-state index in [1.807, 2.05) is 12.1 Å². The van der Waals surface area contributed by atoms with Gasteiger partial charge in [0.15, 0.2) is 11.6 Å². The molecule has 0 aliphatic heterocycles. The number of allylic oxidation sites excluding steroid dienone is 1. The third kappa shape index (κ3) is 7.68. The fraction of sp³-hybridized carbons (Fsp3) is 0.412. The van der Waals surface area contributed by atoms with Gasteiger partial charge in [0.25, 0.3) is 0 Å². The lowest BCUT2D eigenvalue weighted by Gasteiger charge is -2.36. The molecule has 2 nitrogen and oxygen atoms in total. The van der Waals surface area contributed by atoms with Gasteiger partial charge >= 0.3 is 12.5 Å². The van der Waals surface area contributed by atoms with Gasteiger partial charge in [0, 0.05) is 5.56 Å². The molecule has 3 aromatic rings. The summed E-state index contributed by atoms with van der Waals surface area (Å²) in [5.74, 6) is -6.75. The summed E-state index contributed by atoms with van der Waals surface area (Å²) in [5.41, 5.74) is 2.17. The zero-order valence-electron chi connectivity index (χ0n) is 24.2. The van der Waals surface area contributed by atoms with Crippen molar-refractivity contribution >= 4 is 0 Å². The first-order valence-electron chi connectivity index (χ1n) is 14.8. The standard InChI is InChI=1S/C34H31F9O2/c1-2-19-15-29(37)32(30(38)16-19)33(39,40)44-25-11-7-21(8-12-25)20-3-5-22(6-4-20)23-9-13-26(27(35)17-23)24-10-14-31(28(36)18-24)45-34(41,42)43/h3-6,9-10,13-15,17-19,21,25,30,32H,2,7-8,11-12,16H2,1H3. The summed E-state index contributed by atoms with van der Waals surface area (Å²) in [6.07, 6.45) is -8.82. The van der Waals surface area contributed by atoms with E-state index < -0.39 is 59.8 Å². The molecule has 45 heavy (non-hydrogen) atoms. The molecule has 3 aromatic carbocycles. The van der Waals surface area contributed by atoms with Gasteiger partial charge < -0.3 is 9.47 Å². The summed E-state index contributed by atoms with van der Waals surface area (Å²) in [6.45, 7) is 1.75. The van der Waals surface area contributed by atoms with Crippen molar-refractivity contribution < 1.29 is 49.0 Å². The normalized spacial score (nSPS) is 24.3. The average Bonchev–Trinajstić information content (AvgIpc) is 2.97. The largest absolute Gasteiger partial charge is 0.573 e. The maximum atomic E-state index is 15.0. The van der Waals surface area contributed by atoms with E-state index in [4.69, 9.17) is 4.74 Å². The maximum Gasteiger partial charge on any atom is 0.573 e. The van der Waals surface area contributed by atoms with Crippen LogP contribution in [0.3, 0.4) is 0 Å². The van der Waals surface area contributed by atoms with Crippen LogP contribution in [0.1, 0.15) is 56.9 Å². The molecule has 2 aliphatic carbocycles. The molecule has 0 bridgehead atoms. The van der Waals surface area contributed by atoms with Crippen molar-refractivity contribution in [1.29, 1.82) is 0 Å². The van der Waals surface area contributed by atoms with Crippen LogP contribution in [-0.2, 0) is 4.74 Å². The molecule has 0 heterocycles. The minimum atomic E-state index is -5.06. The van der Waals surface area contributed by atoms with Crippen LogP contribution < -0.4 is 4.74 Å². The van der Waals surface area contributed by atoms with Crippen LogP contribution in [0.5, 0.6) is 5.75 Å². The SMILES string of the molecule is CCC1C=C(F)C(C(F)(F)OC2CCC(c3ccc(-c4ccc(-c5ccc(OC(F)(F)F)c(F)c5)c(F)c4)cc3)CC2)C(F)C1. The zero-order valence-corrected chi connectivity index (χ0v) is 24.2. The molecule has 11 heteroatoms. The van der Waals surface area contributed by atoms with Gasteiger partial charge in [0.05, 0.1) is 6.10 Å². The molecule has 0 spiro atoms. The Bertz CT molecular complexity index is 1510. The van der Waals surface area contributed by atoms with Gasteiger partial charge in [-0.05, 0) is 96.9 Å². The smallest absolute Gasteiger partial charge is 0.403 e. The van der Waals surface area contributed by atoms with E-state index in [0.717, 1.165) is 29.8 Å². The van der Waals surface area contributed by atoms with Crippen molar-refractivity contribution in [2.24, 2.45) is 11.8 Å². The Morgan fingerprint density at radius 2 is 1.38 bits per heavy atom. The van der Waals surface area contributed by atoms with Crippen molar-refractivity contribution in [3.63, 3.8) is 0 Å². The Labute approximate surface area is 254 Å². The number of hydrogen-bond donors (Lipinski definition) is 0. The molecule has 0 amide bonds. The molecular weight excluding hydrogens is 611 g/mol.